The average Bonchev–Trinajstić information content (AvgIpc) is 2.83. The number of nitrogens with one attached hydrogen (secondary N) is 2. The molecule has 0 aliphatic carbocycles. The van der Waals surface area contributed by atoms with Crippen LogP contribution in [0.5, 0.6) is 0 Å². The number of aromatic nitrogens is 1. The summed E-state index contributed by atoms with van der Waals surface area (Å²) in [5.41, 5.74) is 3.84. The zero-order valence-electron chi connectivity index (χ0n) is 18.0. The number of hydrogen-bond acceptors (Lipinski definition) is 3. The molecule has 1 aromatic heterocycles. The maximum atomic E-state index is 13.0. The van der Waals surface area contributed by atoms with Crippen molar-refractivity contribution in [2.24, 2.45) is 0 Å². The Morgan fingerprint density at radius 3 is 2.36 bits per heavy atom. The molecule has 0 atom stereocenters. The Hall–Kier alpha value is -3.96. The van der Waals surface area contributed by atoms with Gasteiger partial charge in [0.05, 0.1) is 5.52 Å². The number of hydrogen-bond donors (Lipinski definition) is 2. The molecule has 3 aromatic carbocycles. The fraction of sp³-hybridized carbons (Fsp3) is 0.0741. The standard InChI is InChI=1S/C27H22ClN3O2/c1-18-12-13-21-15-22(25(28)30-23(21)14-18)16-24(31-26(32)20-10-6-3-7-11-20)27(33)29-17-19-8-4-2-5-9-19/h2-16H,17H2,1H3,(H,29,33)(H,31,32). The van der Waals surface area contributed by atoms with E-state index in [9.17, 15) is 9.59 Å². The largest absolute Gasteiger partial charge is 0.347 e. The van der Waals surface area contributed by atoms with Crippen LogP contribution in [-0.2, 0) is 11.3 Å². The van der Waals surface area contributed by atoms with Crippen molar-refractivity contribution < 1.29 is 9.59 Å². The molecular weight excluding hydrogens is 434 g/mol. The number of fused-ring (bicyclic) bond motifs is 1. The highest BCUT2D eigenvalue weighted by molar-refractivity contribution is 6.31. The summed E-state index contributed by atoms with van der Waals surface area (Å²) in [5, 5.41) is 6.71. The van der Waals surface area contributed by atoms with Gasteiger partial charge in [0, 0.05) is 23.1 Å². The summed E-state index contributed by atoms with van der Waals surface area (Å²) in [4.78, 5) is 30.3. The molecule has 2 N–H and O–H groups in total. The van der Waals surface area contributed by atoms with Gasteiger partial charge in [-0.1, -0.05) is 72.3 Å². The molecule has 1 heterocycles. The molecule has 2 amide bonds. The Balaban J connectivity index is 1.66. The molecule has 0 bridgehead atoms. The van der Waals surface area contributed by atoms with E-state index >= 15 is 0 Å². The van der Waals surface area contributed by atoms with Gasteiger partial charge in [-0.05, 0) is 48.4 Å². The van der Waals surface area contributed by atoms with Gasteiger partial charge in [-0.2, -0.15) is 0 Å². The molecule has 4 aromatic rings. The van der Waals surface area contributed by atoms with Crippen LogP contribution >= 0.6 is 11.6 Å². The summed E-state index contributed by atoms with van der Waals surface area (Å²) in [6.45, 7) is 2.30. The fourth-order valence-electron chi connectivity index (χ4n) is 3.34. The van der Waals surface area contributed by atoms with Gasteiger partial charge in [0.25, 0.3) is 11.8 Å². The molecule has 0 fully saturated rings. The van der Waals surface area contributed by atoms with Crippen molar-refractivity contribution >= 4 is 40.4 Å². The zero-order chi connectivity index (χ0) is 23.2. The van der Waals surface area contributed by atoms with E-state index in [0.29, 0.717) is 17.7 Å². The minimum absolute atomic E-state index is 0.0787. The molecule has 0 saturated carbocycles. The molecule has 0 aliphatic rings. The van der Waals surface area contributed by atoms with Crippen molar-refractivity contribution in [1.29, 1.82) is 0 Å². The van der Waals surface area contributed by atoms with Crippen molar-refractivity contribution in [3.05, 3.63) is 118 Å². The maximum absolute atomic E-state index is 13.0. The second kappa shape index (κ2) is 10.1. The van der Waals surface area contributed by atoms with Crippen LogP contribution in [0.2, 0.25) is 5.15 Å². The van der Waals surface area contributed by atoms with Gasteiger partial charge in [0.1, 0.15) is 10.9 Å². The number of carbonyl (C=O) groups excluding carboxylic acids is 2. The first-order chi connectivity index (χ1) is 16.0. The highest BCUT2D eigenvalue weighted by Crippen LogP contribution is 2.23. The van der Waals surface area contributed by atoms with E-state index in [1.54, 1.807) is 30.3 Å². The summed E-state index contributed by atoms with van der Waals surface area (Å²) >= 11 is 6.43. The third-order valence-electron chi connectivity index (χ3n) is 5.08. The van der Waals surface area contributed by atoms with Crippen LogP contribution in [0.4, 0.5) is 0 Å². The van der Waals surface area contributed by atoms with Gasteiger partial charge in [-0.15, -0.1) is 0 Å². The van der Waals surface area contributed by atoms with Gasteiger partial charge in [0.15, 0.2) is 0 Å². The van der Waals surface area contributed by atoms with Crippen LogP contribution in [0, 0.1) is 6.92 Å². The molecule has 0 unspecified atom stereocenters. The van der Waals surface area contributed by atoms with Crippen molar-refractivity contribution in [3.63, 3.8) is 0 Å². The lowest BCUT2D eigenvalue weighted by molar-refractivity contribution is -0.117. The number of benzene rings is 3. The second-order valence-corrected chi connectivity index (χ2v) is 7.97. The third-order valence-corrected chi connectivity index (χ3v) is 5.38. The first-order valence-corrected chi connectivity index (χ1v) is 10.8. The summed E-state index contributed by atoms with van der Waals surface area (Å²) < 4.78 is 0. The van der Waals surface area contributed by atoms with Gasteiger partial charge in [-0.25, -0.2) is 4.98 Å². The first-order valence-electron chi connectivity index (χ1n) is 10.5. The van der Waals surface area contributed by atoms with E-state index in [-0.39, 0.29) is 10.9 Å². The van der Waals surface area contributed by atoms with Gasteiger partial charge >= 0.3 is 0 Å². The van der Waals surface area contributed by atoms with Gasteiger partial charge in [0.2, 0.25) is 0 Å². The lowest BCUT2D eigenvalue weighted by Crippen LogP contribution is -2.34. The predicted octanol–water partition coefficient (Wildman–Crippen LogP) is 5.28. The zero-order valence-corrected chi connectivity index (χ0v) is 18.8. The fourth-order valence-corrected chi connectivity index (χ4v) is 3.54. The Labute approximate surface area is 197 Å². The molecule has 5 nitrogen and oxygen atoms in total. The monoisotopic (exact) mass is 455 g/mol. The Morgan fingerprint density at radius 2 is 1.64 bits per heavy atom. The number of amides is 2. The molecule has 0 radical (unpaired) electrons. The number of pyridine rings is 1. The van der Waals surface area contributed by atoms with Crippen molar-refractivity contribution in [2.45, 2.75) is 13.5 Å². The predicted molar refractivity (Wildman–Crippen MR) is 132 cm³/mol. The minimum atomic E-state index is -0.428. The lowest BCUT2D eigenvalue weighted by Gasteiger charge is -2.12. The molecule has 0 spiro atoms. The Morgan fingerprint density at radius 1 is 0.939 bits per heavy atom. The number of aryl methyl sites for hydroxylation is 1. The SMILES string of the molecule is Cc1ccc2cc(C=C(NC(=O)c3ccccc3)C(=O)NCc3ccccc3)c(Cl)nc2c1. The van der Waals surface area contributed by atoms with E-state index in [2.05, 4.69) is 15.6 Å². The first kappa shape index (κ1) is 22.2. The summed E-state index contributed by atoms with van der Waals surface area (Å²) in [5.74, 6) is -0.819. The van der Waals surface area contributed by atoms with Crippen molar-refractivity contribution in [1.82, 2.24) is 15.6 Å². The van der Waals surface area contributed by atoms with E-state index in [0.717, 1.165) is 22.0 Å². The molecule has 0 saturated heterocycles. The topological polar surface area (TPSA) is 71.1 Å². The highest BCUT2D eigenvalue weighted by Gasteiger charge is 2.16. The molecule has 4 rings (SSSR count). The van der Waals surface area contributed by atoms with Crippen LogP contribution in [0.1, 0.15) is 27.0 Å². The normalized spacial score (nSPS) is 11.3. The third kappa shape index (κ3) is 5.64. The van der Waals surface area contributed by atoms with Crippen molar-refractivity contribution in [3.8, 4) is 0 Å². The summed E-state index contributed by atoms with van der Waals surface area (Å²) in [6, 6.07) is 26.0. The molecule has 0 aliphatic heterocycles. The number of rotatable bonds is 6. The van der Waals surface area contributed by atoms with Crippen LogP contribution in [0.25, 0.3) is 17.0 Å². The number of nitrogens with zero attached hydrogens (tertiary/aromatic N) is 1. The van der Waals surface area contributed by atoms with E-state index in [1.165, 1.54) is 0 Å². The molecular formula is C27H22ClN3O2. The van der Waals surface area contributed by atoms with Crippen molar-refractivity contribution in [2.75, 3.05) is 0 Å². The van der Waals surface area contributed by atoms with Gasteiger partial charge < -0.3 is 10.6 Å². The summed E-state index contributed by atoms with van der Waals surface area (Å²) in [6.07, 6.45) is 1.55. The highest BCUT2D eigenvalue weighted by atomic mass is 35.5. The Kier molecular flexibility index (Phi) is 6.81. The van der Waals surface area contributed by atoms with Crippen LogP contribution in [-0.4, -0.2) is 16.8 Å². The van der Waals surface area contributed by atoms with E-state index < -0.39 is 11.8 Å². The number of carbonyl (C=O) groups is 2. The minimum Gasteiger partial charge on any atom is -0.347 e. The average molecular weight is 456 g/mol. The van der Waals surface area contributed by atoms with E-state index in [4.69, 9.17) is 11.6 Å². The lowest BCUT2D eigenvalue weighted by atomic mass is 10.1. The summed E-state index contributed by atoms with van der Waals surface area (Å²) in [7, 11) is 0. The number of halogens is 1. The van der Waals surface area contributed by atoms with Gasteiger partial charge in [-0.3, -0.25) is 9.59 Å². The molecule has 6 heteroatoms. The molecule has 164 valence electrons. The smallest absolute Gasteiger partial charge is 0.268 e. The van der Waals surface area contributed by atoms with Crippen LogP contribution < -0.4 is 10.6 Å². The quantitative estimate of drug-likeness (QED) is 0.307. The maximum Gasteiger partial charge on any atom is 0.268 e. The Bertz CT molecular complexity index is 1340. The molecule has 33 heavy (non-hydrogen) atoms. The van der Waals surface area contributed by atoms with E-state index in [1.807, 2.05) is 67.6 Å². The second-order valence-electron chi connectivity index (χ2n) is 7.61. The van der Waals surface area contributed by atoms with Crippen LogP contribution in [0.3, 0.4) is 0 Å². The van der Waals surface area contributed by atoms with Crippen LogP contribution in [0.15, 0.2) is 90.6 Å².